The minimum Gasteiger partial charge on any atom is -0.444 e. The van der Waals surface area contributed by atoms with Gasteiger partial charge >= 0.3 is 6.09 Å². The molecule has 0 radical (unpaired) electrons. The van der Waals surface area contributed by atoms with E-state index in [4.69, 9.17) is 4.74 Å². The highest BCUT2D eigenvalue weighted by atomic mass is 19.2. The van der Waals surface area contributed by atoms with Crippen LogP contribution >= 0.6 is 0 Å². The summed E-state index contributed by atoms with van der Waals surface area (Å²) >= 11 is 0. The van der Waals surface area contributed by atoms with E-state index in [2.05, 4.69) is 6.07 Å². The number of nitriles is 1. The van der Waals surface area contributed by atoms with E-state index < -0.39 is 28.7 Å². The van der Waals surface area contributed by atoms with E-state index in [9.17, 15) is 18.8 Å². The molecule has 1 amide bonds. The number of benzene rings is 1. The van der Waals surface area contributed by atoms with Gasteiger partial charge in [-0.05, 0) is 57.7 Å². The molecule has 0 saturated carbocycles. The molecule has 6 heteroatoms. The second kappa shape index (κ2) is 6.76. The van der Waals surface area contributed by atoms with Crippen molar-refractivity contribution in [2.75, 3.05) is 13.1 Å². The highest BCUT2D eigenvalue weighted by Gasteiger charge is 2.39. The summed E-state index contributed by atoms with van der Waals surface area (Å²) in [4.78, 5) is 13.8. The minimum atomic E-state index is -0.930. The van der Waals surface area contributed by atoms with Crippen LogP contribution in [-0.2, 0) is 11.2 Å². The van der Waals surface area contributed by atoms with Gasteiger partial charge in [-0.25, -0.2) is 13.6 Å². The van der Waals surface area contributed by atoms with Gasteiger partial charge in [0.2, 0.25) is 0 Å². The van der Waals surface area contributed by atoms with Gasteiger partial charge in [-0.15, -0.1) is 0 Å². The number of nitrogens with zero attached hydrogens (tertiary/aromatic N) is 2. The molecule has 1 fully saturated rings. The van der Waals surface area contributed by atoms with Crippen molar-refractivity contribution < 1.29 is 18.3 Å². The zero-order valence-electron chi connectivity index (χ0n) is 14.2. The van der Waals surface area contributed by atoms with Crippen molar-refractivity contribution in [3.05, 3.63) is 35.4 Å². The Labute approximate surface area is 141 Å². The Balaban J connectivity index is 2.15. The van der Waals surface area contributed by atoms with Crippen LogP contribution in [0.15, 0.2) is 18.2 Å². The van der Waals surface area contributed by atoms with E-state index in [1.807, 2.05) is 0 Å². The second-order valence-electron chi connectivity index (χ2n) is 7.32. The van der Waals surface area contributed by atoms with E-state index in [1.165, 1.54) is 11.0 Å². The molecule has 1 aliphatic heterocycles. The van der Waals surface area contributed by atoms with Crippen LogP contribution in [0.2, 0.25) is 0 Å². The summed E-state index contributed by atoms with van der Waals surface area (Å²) in [7, 11) is 0. The van der Waals surface area contributed by atoms with Crippen LogP contribution in [0.25, 0.3) is 0 Å². The number of likely N-dealkylation sites (tertiary alicyclic amines) is 1. The number of carbonyl (C=O) groups excluding carboxylic acids is 1. The molecular weight excluding hydrogens is 314 g/mol. The first kappa shape index (κ1) is 18.2. The molecule has 0 aliphatic carbocycles. The van der Waals surface area contributed by atoms with Gasteiger partial charge in [-0.3, -0.25) is 0 Å². The predicted molar refractivity (Wildman–Crippen MR) is 85.1 cm³/mol. The Hall–Kier alpha value is -2.16. The van der Waals surface area contributed by atoms with Crippen LogP contribution in [0.4, 0.5) is 13.6 Å². The third kappa shape index (κ3) is 4.44. The van der Waals surface area contributed by atoms with Gasteiger partial charge in [0.25, 0.3) is 0 Å². The smallest absolute Gasteiger partial charge is 0.410 e. The first-order valence-corrected chi connectivity index (χ1v) is 7.97. The van der Waals surface area contributed by atoms with Gasteiger partial charge in [-0.1, -0.05) is 6.07 Å². The number of hydrogen-bond donors (Lipinski definition) is 0. The van der Waals surface area contributed by atoms with Gasteiger partial charge in [0.15, 0.2) is 11.6 Å². The Bertz CT molecular complexity index is 664. The van der Waals surface area contributed by atoms with Crippen molar-refractivity contribution in [3.63, 3.8) is 0 Å². The SMILES string of the molecule is CC(C)(C)OC(=O)N1CCCC(C#N)(Cc2ccc(F)c(F)c2)C1. The number of rotatable bonds is 2. The maximum Gasteiger partial charge on any atom is 0.410 e. The van der Waals surface area contributed by atoms with E-state index in [0.29, 0.717) is 24.9 Å². The van der Waals surface area contributed by atoms with Crippen molar-refractivity contribution in [1.29, 1.82) is 5.26 Å². The molecule has 0 bridgehead atoms. The summed E-state index contributed by atoms with van der Waals surface area (Å²) in [5, 5.41) is 9.66. The first-order valence-electron chi connectivity index (χ1n) is 7.97. The average molecular weight is 336 g/mol. The molecule has 1 aromatic carbocycles. The Kier molecular flexibility index (Phi) is 5.12. The van der Waals surface area contributed by atoms with Crippen molar-refractivity contribution in [2.45, 2.75) is 45.6 Å². The molecule has 1 saturated heterocycles. The summed E-state index contributed by atoms with van der Waals surface area (Å²) in [5.41, 5.74) is -0.884. The van der Waals surface area contributed by atoms with Crippen molar-refractivity contribution in [2.24, 2.45) is 5.41 Å². The molecule has 1 heterocycles. The Morgan fingerprint density at radius 3 is 2.67 bits per heavy atom. The fourth-order valence-electron chi connectivity index (χ4n) is 2.93. The molecule has 130 valence electrons. The molecule has 1 aromatic rings. The molecule has 0 aromatic heterocycles. The van der Waals surface area contributed by atoms with Gasteiger partial charge in [0.1, 0.15) is 5.60 Å². The topological polar surface area (TPSA) is 53.3 Å². The molecular formula is C18H22F2N2O2. The lowest BCUT2D eigenvalue weighted by Gasteiger charge is -2.39. The lowest BCUT2D eigenvalue weighted by Crippen LogP contribution is -2.48. The lowest BCUT2D eigenvalue weighted by atomic mass is 9.76. The van der Waals surface area contributed by atoms with Gasteiger partial charge in [-0.2, -0.15) is 5.26 Å². The summed E-state index contributed by atoms with van der Waals surface area (Å²) in [6, 6.07) is 5.93. The number of halogens is 2. The van der Waals surface area contributed by atoms with Crippen LogP contribution in [0.3, 0.4) is 0 Å². The monoisotopic (exact) mass is 336 g/mol. The van der Waals surface area contributed by atoms with Crippen LogP contribution in [0, 0.1) is 28.4 Å². The van der Waals surface area contributed by atoms with Crippen LogP contribution in [0.5, 0.6) is 0 Å². The standard InChI is InChI=1S/C18H22F2N2O2/c1-17(2,3)24-16(23)22-8-4-7-18(11-21,12-22)10-13-5-6-14(19)15(20)9-13/h5-6,9H,4,7-8,10,12H2,1-3H3. The van der Waals surface area contributed by atoms with Crippen LogP contribution in [-0.4, -0.2) is 29.7 Å². The highest BCUT2D eigenvalue weighted by molar-refractivity contribution is 5.68. The van der Waals surface area contributed by atoms with Crippen LogP contribution in [0.1, 0.15) is 39.2 Å². The molecule has 1 aliphatic rings. The third-order valence-electron chi connectivity index (χ3n) is 3.99. The number of piperidine rings is 1. The summed E-state index contributed by atoms with van der Waals surface area (Å²) in [6.07, 6.45) is 1.07. The molecule has 0 N–H and O–H groups in total. The molecule has 1 atom stereocenters. The molecule has 2 rings (SSSR count). The van der Waals surface area contributed by atoms with Gasteiger partial charge < -0.3 is 9.64 Å². The van der Waals surface area contributed by atoms with Crippen LogP contribution < -0.4 is 0 Å². The summed E-state index contributed by atoms with van der Waals surface area (Å²) in [5.74, 6) is -1.84. The van der Waals surface area contributed by atoms with Crippen molar-refractivity contribution >= 4 is 6.09 Å². The Morgan fingerprint density at radius 1 is 1.38 bits per heavy atom. The molecule has 1 unspecified atom stereocenters. The zero-order chi connectivity index (χ0) is 18.0. The first-order chi connectivity index (χ1) is 11.1. The van der Waals surface area contributed by atoms with Gasteiger partial charge in [0.05, 0.1) is 11.5 Å². The highest BCUT2D eigenvalue weighted by Crippen LogP contribution is 2.34. The fourth-order valence-corrected chi connectivity index (χ4v) is 2.93. The minimum absolute atomic E-state index is 0.220. The maximum atomic E-state index is 13.4. The normalized spacial score (nSPS) is 21.2. The summed E-state index contributed by atoms with van der Waals surface area (Å²) in [6.45, 7) is 6.10. The maximum absolute atomic E-state index is 13.4. The zero-order valence-corrected chi connectivity index (χ0v) is 14.2. The largest absolute Gasteiger partial charge is 0.444 e. The quantitative estimate of drug-likeness (QED) is 0.819. The van der Waals surface area contributed by atoms with E-state index in [1.54, 1.807) is 20.8 Å². The number of ether oxygens (including phenoxy) is 1. The second-order valence-corrected chi connectivity index (χ2v) is 7.32. The molecule has 0 spiro atoms. The summed E-state index contributed by atoms with van der Waals surface area (Å²) < 4.78 is 31.8. The Morgan fingerprint density at radius 2 is 2.08 bits per heavy atom. The molecule has 4 nitrogen and oxygen atoms in total. The van der Waals surface area contributed by atoms with Gasteiger partial charge in [0, 0.05) is 13.1 Å². The number of carbonyl (C=O) groups is 1. The third-order valence-corrected chi connectivity index (χ3v) is 3.99. The number of hydrogen-bond acceptors (Lipinski definition) is 3. The van der Waals surface area contributed by atoms with Crippen molar-refractivity contribution in [1.82, 2.24) is 4.90 Å². The lowest BCUT2D eigenvalue weighted by molar-refractivity contribution is 0.0111. The average Bonchev–Trinajstić information content (AvgIpc) is 2.49. The fraction of sp³-hybridized carbons (Fsp3) is 0.556. The van der Waals surface area contributed by atoms with E-state index >= 15 is 0 Å². The van der Waals surface area contributed by atoms with Crippen molar-refractivity contribution in [3.8, 4) is 6.07 Å². The van der Waals surface area contributed by atoms with E-state index in [-0.39, 0.29) is 13.0 Å². The number of amides is 1. The predicted octanol–water partition coefficient (Wildman–Crippen LogP) is 4.05. The van der Waals surface area contributed by atoms with E-state index in [0.717, 1.165) is 12.1 Å². The molecule has 24 heavy (non-hydrogen) atoms.